The highest BCUT2D eigenvalue weighted by molar-refractivity contribution is 7.49. The van der Waals surface area contributed by atoms with Crippen molar-refractivity contribution in [2.45, 2.75) is 0 Å². The van der Waals surface area contributed by atoms with Crippen LogP contribution in [0.15, 0.2) is 23.8 Å². The standard InChI is InChI=1S/C4H5P/c1-4-2-3-5-4/h2-3,5H,1H2. The van der Waals surface area contributed by atoms with Gasteiger partial charge in [-0.15, -0.1) is 0 Å². The van der Waals surface area contributed by atoms with Crippen LogP contribution in [0.25, 0.3) is 0 Å². The van der Waals surface area contributed by atoms with Crippen molar-refractivity contribution >= 4 is 8.58 Å². The largest absolute Gasteiger partial charge is 0.0913 e. The molecule has 1 aliphatic rings. The molecule has 1 aliphatic heterocycles. The van der Waals surface area contributed by atoms with E-state index in [4.69, 9.17) is 0 Å². The van der Waals surface area contributed by atoms with Crippen molar-refractivity contribution in [1.82, 2.24) is 0 Å². The summed E-state index contributed by atoms with van der Waals surface area (Å²) in [5.41, 5.74) is 0. The third-order valence-electron chi connectivity index (χ3n) is 0.553. The van der Waals surface area contributed by atoms with E-state index in [1.54, 1.807) is 0 Å². The lowest BCUT2D eigenvalue weighted by Gasteiger charge is -2.00. The van der Waals surface area contributed by atoms with Gasteiger partial charge in [-0.3, -0.25) is 0 Å². The first-order valence-electron chi connectivity index (χ1n) is 1.51. The fourth-order valence-corrected chi connectivity index (χ4v) is 0.604. The van der Waals surface area contributed by atoms with Crippen LogP contribution in [0.3, 0.4) is 0 Å². The molecule has 0 aromatic heterocycles. The lowest BCUT2D eigenvalue weighted by atomic mass is 10.6. The Morgan fingerprint density at radius 2 is 2.20 bits per heavy atom. The van der Waals surface area contributed by atoms with Gasteiger partial charge >= 0.3 is 0 Å². The molecule has 0 amide bonds. The number of hydrogen-bond acceptors (Lipinski definition) is 0. The molecule has 1 unspecified atom stereocenters. The summed E-state index contributed by atoms with van der Waals surface area (Å²) in [4.78, 5) is 0. The van der Waals surface area contributed by atoms with Gasteiger partial charge in [0.25, 0.3) is 0 Å². The van der Waals surface area contributed by atoms with Crippen LogP contribution in [-0.4, -0.2) is 0 Å². The van der Waals surface area contributed by atoms with Crippen LogP contribution >= 0.6 is 8.58 Å². The molecule has 1 heteroatoms. The first-order chi connectivity index (χ1) is 2.39. The van der Waals surface area contributed by atoms with Gasteiger partial charge in [0.15, 0.2) is 0 Å². The topological polar surface area (TPSA) is 0 Å². The number of rotatable bonds is 0. The minimum absolute atomic E-state index is 0.920. The second-order valence-corrected chi connectivity index (χ2v) is 2.27. The van der Waals surface area contributed by atoms with Crippen LogP contribution in [0.2, 0.25) is 0 Å². The summed E-state index contributed by atoms with van der Waals surface area (Å²) in [6.07, 6.45) is 2.04. The zero-order valence-corrected chi connectivity index (χ0v) is 3.86. The monoisotopic (exact) mass is 84.0 g/mol. The molecule has 0 aliphatic carbocycles. The van der Waals surface area contributed by atoms with E-state index in [0.29, 0.717) is 0 Å². The van der Waals surface area contributed by atoms with Crippen LogP contribution in [-0.2, 0) is 0 Å². The summed E-state index contributed by atoms with van der Waals surface area (Å²) in [5, 5.41) is 1.28. The average molecular weight is 84.1 g/mol. The fourth-order valence-electron chi connectivity index (χ4n) is 0.201. The van der Waals surface area contributed by atoms with E-state index in [1.807, 2.05) is 6.08 Å². The quantitative estimate of drug-likeness (QED) is 0.392. The molecule has 0 N–H and O–H groups in total. The molecular formula is C4H5P. The van der Waals surface area contributed by atoms with Gasteiger partial charge in [-0.05, 0) is 5.31 Å². The van der Waals surface area contributed by atoms with Gasteiger partial charge in [0.05, 0.1) is 0 Å². The second-order valence-electron chi connectivity index (χ2n) is 1.00. The van der Waals surface area contributed by atoms with E-state index in [2.05, 4.69) is 12.4 Å². The van der Waals surface area contributed by atoms with Crippen molar-refractivity contribution in [2.24, 2.45) is 0 Å². The lowest BCUT2D eigenvalue weighted by molar-refractivity contribution is 1.95. The van der Waals surface area contributed by atoms with Gasteiger partial charge in [0.2, 0.25) is 0 Å². The molecule has 1 atom stereocenters. The molecule has 0 saturated carbocycles. The molecule has 0 fully saturated rings. The van der Waals surface area contributed by atoms with E-state index in [9.17, 15) is 0 Å². The van der Waals surface area contributed by atoms with Crippen molar-refractivity contribution in [3.05, 3.63) is 23.8 Å². The van der Waals surface area contributed by atoms with Crippen LogP contribution in [0.4, 0.5) is 0 Å². The van der Waals surface area contributed by atoms with E-state index < -0.39 is 0 Å². The van der Waals surface area contributed by atoms with Gasteiger partial charge in [-0.25, -0.2) is 0 Å². The lowest BCUT2D eigenvalue weighted by Crippen LogP contribution is -1.64. The van der Waals surface area contributed by atoms with Crippen LogP contribution < -0.4 is 0 Å². The highest BCUT2D eigenvalue weighted by Gasteiger charge is 1.89. The molecule has 0 spiro atoms. The van der Waals surface area contributed by atoms with Crippen LogP contribution in [0.5, 0.6) is 0 Å². The van der Waals surface area contributed by atoms with E-state index in [0.717, 1.165) is 8.58 Å². The molecule has 0 nitrogen and oxygen atoms in total. The molecule has 0 saturated heterocycles. The normalized spacial score (nSPS) is 23.6. The van der Waals surface area contributed by atoms with E-state index >= 15 is 0 Å². The Balaban J connectivity index is 2.71. The Kier molecular flexibility index (Phi) is 0.590. The van der Waals surface area contributed by atoms with Gasteiger partial charge in [-0.2, -0.15) is 0 Å². The minimum Gasteiger partial charge on any atom is -0.0913 e. The van der Waals surface area contributed by atoms with Gasteiger partial charge in [0, 0.05) is 0 Å². The molecule has 26 valence electrons. The van der Waals surface area contributed by atoms with Crippen molar-refractivity contribution in [3.63, 3.8) is 0 Å². The Morgan fingerprint density at radius 1 is 1.80 bits per heavy atom. The molecule has 5 heavy (non-hydrogen) atoms. The maximum atomic E-state index is 3.69. The first-order valence-corrected chi connectivity index (χ1v) is 2.59. The molecule has 1 rings (SSSR count). The van der Waals surface area contributed by atoms with Crippen LogP contribution in [0.1, 0.15) is 0 Å². The third kappa shape index (κ3) is 0.408. The second kappa shape index (κ2) is 0.948. The molecule has 0 bridgehead atoms. The zero-order chi connectivity index (χ0) is 3.70. The molecule has 1 heterocycles. The molecule has 0 radical (unpaired) electrons. The summed E-state index contributed by atoms with van der Waals surface area (Å²) in [6, 6.07) is 0. The summed E-state index contributed by atoms with van der Waals surface area (Å²) < 4.78 is 0. The first kappa shape index (κ1) is 3.11. The predicted molar refractivity (Wildman–Crippen MR) is 26.6 cm³/mol. The van der Waals surface area contributed by atoms with Gasteiger partial charge in [0.1, 0.15) is 0 Å². The highest BCUT2D eigenvalue weighted by atomic mass is 31.1. The molecule has 0 aromatic carbocycles. The predicted octanol–water partition coefficient (Wildman–Crippen LogP) is 1.71. The summed E-state index contributed by atoms with van der Waals surface area (Å²) in [6.45, 7) is 3.69. The maximum absolute atomic E-state index is 3.69. The van der Waals surface area contributed by atoms with Gasteiger partial charge < -0.3 is 0 Å². The van der Waals surface area contributed by atoms with Crippen molar-refractivity contribution < 1.29 is 0 Å². The molecule has 0 aromatic rings. The Hall–Kier alpha value is -0.0900. The Bertz CT molecular complexity index is 81.6. The number of allylic oxidation sites excluding steroid dienone is 2. The maximum Gasteiger partial charge on any atom is -0.0303 e. The van der Waals surface area contributed by atoms with Gasteiger partial charge in [-0.1, -0.05) is 27.1 Å². The van der Waals surface area contributed by atoms with Crippen molar-refractivity contribution in [2.75, 3.05) is 0 Å². The van der Waals surface area contributed by atoms with Crippen molar-refractivity contribution in [3.8, 4) is 0 Å². The summed E-state index contributed by atoms with van der Waals surface area (Å²) >= 11 is 0. The Labute approximate surface area is 33.4 Å². The SMILES string of the molecule is C=C1C=CP1. The summed E-state index contributed by atoms with van der Waals surface area (Å²) in [7, 11) is 0.920. The smallest absolute Gasteiger partial charge is 0.0303 e. The number of hydrogen-bond donors (Lipinski definition) is 0. The summed E-state index contributed by atoms with van der Waals surface area (Å²) in [5.74, 6) is 2.13. The zero-order valence-electron chi connectivity index (χ0n) is 2.86. The fraction of sp³-hybridized carbons (Fsp3) is 0. The average Bonchev–Trinajstić information content (AvgIpc) is 1.30. The Morgan fingerprint density at radius 3 is 2.20 bits per heavy atom. The van der Waals surface area contributed by atoms with E-state index in [-0.39, 0.29) is 0 Å². The van der Waals surface area contributed by atoms with Crippen molar-refractivity contribution in [1.29, 1.82) is 0 Å². The van der Waals surface area contributed by atoms with Crippen LogP contribution in [0, 0.1) is 0 Å². The highest BCUT2D eigenvalue weighted by Crippen LogP contribution is 2.33. The minimum atomic E-state index is 0.920. The molecular weight excluding hydrogens is 79.0 g/mol. The van der Waals surface area contributed by atoms with E-state index in [1.165, 1.54) is 5.31 Å². The third-order valence-corrected chi connectivity index (χ3v) is 1.42.